The molecule has 1 aromatic rings. The Balaban J connectivity index is 2.12. The Bertz CT molecular complexity index is 423. The molecule has 1 aromatic carbocycles. The smallest absolute Gasteiger partial charge is 0.426 e. The van der Waals surface area contributed by atoms with Crippen molar-refractivity contribution in [3.63, 3.8) is 0 Å². The van der Waals surface area contributed by atoms with Crippen LogP contribution in [0.1, 0.15) is 63.9 Å². The van der Waals surface area contributed by atoms with Gasteiger partial charge in [0.25, 0.3) is 0 Å². The van der Waals surface area contributed by atoms with Crippen molar-refractivity contribution < 1.29 is 4.74 Å². The van der Waals surface area contributed by atoms with Crippen LogP contribution >= 0.6 is 0 Å². The molecule has 0 radical (unpaired) electrons. The van der Waals surface area contributed by atoms with Crippen LogP contribution < -0.4 is 4.74 Å². The van der Waals surface area contributed by atoms with Gasteiger partial charge in [-0.1, -0.05) is 57.9 Å². The second-order valence-corrected chi connectivity index (χ2v) is 5.39. The third-order valence-electron chi connectivity index (χ3n) is 3.48. The molecule has 20 heavy (non-hydrogen) atoms. The molecule has 0 heterocycles. The molecule has 0 amide bonds. The van der Waals surface area contributed by atoms with E-state index in [4.69, 9.17) is 10.1 Å². The van der Waals surface area contributed by atoms with Crippen LogP contribution in [0.15, 0.2) is 18.2 Å². The molecule has 0 fully saturated rings. The fraction of sp³-hybridized carbons (Fsp3) is 0.647. The second kappa shape index (κ2) is 10.3. The zero-order valence-corrected chi connectivity index (χ0v) is 12.9. The average Bonchev–Trinajstić information content (AvgIpc) is 2.46. The van der Waals surface area contributed by atoms with Crippen molar-refractivity contribution in [2.45, 2.75) is 65.2 Å². The van der Waals surface area contributed by atoms with Crippen molar-refractivity contribution in [3.8, 4) is 5.75 Å². The van der Waals surface area contributed by atoms with Gasteiger partial charge < -0.3 is 4.74 Å². The maximum Gasteiger partial charge on any atom is 0.426 e. The monoisotopic (exact) mass is 275 g/mol. The SMILES string of the molecule is CCCCCCCCCCOc1cc(C)ccc1[N+]#N. The van der Waals surface area contributed by atoms with Gasteiger partial charge in [-0.15, -0.1) is 0 Å². The minimum atomic E-state index is 0.509. The molecule has 0 spiro atoms. The maximum atomic E-state index is 8.90. The van der Waals surface area contributed by atoms with E-state index in [1.807, 2.05) is 19.1 Å². The number of nitrogens with zero attached hydrogens (tertiary/aromatic N) is 2. The van der Waals surface area contributed by atoms with Crippen LogP contribution in [0.2, 0.25) is 0 Å². The standard InChI is InChI=1S/C17H27N2O/c1-3-4-5-6-7-8-9-10-13-20-17-14-15(2)11-12-16(17)19-18/h11-12,14H,3-10,13H2,1-2H3/q+1. The number of hydrogen-bond donors (Lipinski definition) is 0. The number of hydrogen-bond acceptors (Lipinski definition) is 2. The zero-order valence-electron chi connectivity index (χ0n) is 12.9. The highest BCUT2D eigenvalue weighted by Crippen LogP contribution is 2.28. The van der Waals surface area contributed by atoms with Gasteiger partial charge in [0, 0.05) is 6.07 Å². The summed E-state index contributed by atoms with van der Waals surface area (Å²) in [5.41, 5.74) is 1.62. The Morgan fingerprint density at radius 1 is 1.00 bits per heavy atom. The van der Waals surface area contributed by atoms with Crippen molar-refractivity contribution in [2.75, 3.05) is 6.61 Å². The van der Waals surface area contributed by atoms with Crippen LogP contribution in [-0.4, -0.2) is 6.61 Å². The van der Waals surface area contributed by atoms with Crippen LogP contribution in [0.4, 0.5) is 5.69 Å². The van der Waals surface area contributed by atoms with Gasteiger partial charge in [0.15, 0.2) is 4.98 Å². The van der Waals surface area contributed by atoms with Crippen LogP contribution in [0.25, 0.3) is 4.98 Å². The Kier molecular flexibility index (Phi) is 8.46. The summed E-state index contributed by atoms with van der Waals surface area (Å²) in [4.78, 5) is 3.24. The van der Waals surface area contributed by atoms with Gasteiger partial charge in [-0.3, -0.25) is 0 Å². The first-order chi connectivity index (χ1) is 9.77. The first kappa shape index (κ1) is 16.5. The highest BCUT2D eigenvalue weighted by Gasteiger charge is 2.14. The first-order valence-corrected chi connectivity index (χ1v) is 7.86. The maximum absolute atomic E-state index is 8.90. The lowest BCUT2D eigenvalue weighted by Gasteiger charge is -2.05. The second-order valence-electron chi connectivity index (χ2n) is 5.39. The molecule has 1 rings (SSSR count). The Labute approximate surface area is 123 Å². The van der Waals surface area contributed by atoms with Crippen LogP contribution in [0, 0.1) is 12.3 Å². The first-order valence-electron chi connectivity index (χ1n) is 7.86. The predicted octanol–water partition coefficient (Wildman–Crippen LogP) is 6.00. The van der Waals surface area contributed by atoms with E-state index in [1.54, 1.807) is 6.07 Å². The summed E-state index contributed by atoms with van der Waals surface area (Å²) in [5, 5.41) is 8.90. The van der Waals surface area contributed by atoms with E-state index in [2.05, 4.69) is 11.9 Å². The summed E-state index contributed by atoms with van der Waals surface area (Å²) >= 11 is 0. The molecular formula is C17H27N2O+. The van der Waals surface area contributed by atoms with Crippen LogP contribution in [0.3, 0.4) is 0 Å². The van der Waals surface area contributed by atoms with Gasteiger partial charge in [0.2, 0.25) is 11.1 Å². The fourth-order valence-electron chi connectivity index (χ4n) is 2.24. The lowest BCUT2D eigenvalue weighted by atomic mass is 10.1. The van der Waals surface area contributed by atoms with E-state index in [0.717, 1.165) is 12.0 Å². The minimum Gasteiger partial charge on any atom is -0.486 e. The zero-order chi connectivity index (χ0) is 14.6. The lowest BCUT2D eigenvalue weighted by Crippen LogP contribution is -1.97. The van der Waals surface area contributed by atoms with Crippen LogP contribution in [0.5, 0.6) is 5.75 Å². The number of rotatable bonds is 10. The lowest BCUT2D eigenvalue weighted by molar-refractivity contribution is 0.306. The quantitative estimate of drug-likeness (QED) is 0.388. The molecule has 0 unspecified atom stereocenters. The van der Waals surface area contributed by atoms with Crippen molar-refractivity contribution in [1.82, 2.24) is 0 Å². The predicted molar refractivity (Wildman–Crippen MR) is 84.0 cm³/mol. The van der Waals surface area contributed by atoms with Crippen molar-refractivity contribution >= 4 is 5.69 Å². The highest BCUT2D eigenvalue weighted by molar-refractivity contribution is 5.57. The molecule has 110 valence electrons. The molecule has 0 aromatic heterocycles. The summed E-state index contributed by atoms with van der Waals surface area (Å²) in [6.45, 7) is 4.95. The summed E-state index contributed by atoms with van der Waals surface area (Å²) in [6, 6.07) is 5.61. The van der Waals surface area contributed by atoms with Gasteiger partial charge in [-0.05, 0) is 25.0 Å². The Morgan fingerprint density at radius 2 is 1.65 bits per heavy atom. The van der Waals surface area contributed by atoms with Gasteiger partial charge >= 0.3 is 5.69 Å². The highest BCUT2D eigenvalue weighted by atomic mass is 16.5. The van der Waals surface area contributed by atoms with Crippen molar-refractivity contribution in [3.05, 3.63) is 28.7 Å². The van der Waals surface area contributed by atoms with E-state index >= 15 is 0 Å². The molecule has 0 saturated carbocycles. The molecule has 0 aliphatic rings. The molecular weight excluding hydrogens is 248 g/mol. The molecule has 0 N–H and O–H groups in total. The number of diazo groups is 1. The van der Waals surface area contributed by atoms with Crippen molar-refractivity contribution in [2.24, 2.45) is 0 Å². The summed E-state index contributed by atoms with van der Waals surface area (Å²) in [7, 11) is 0. The minimum absolute atomic E-state index is 0.509. The number of benzene rings is 1. The van der Waals surface area contributed by atoms with E-state index in [9.17, 15) is 0 Å². The van der Waals surface area contributed by atoms with Gasteiger partial charge in [-0.2, -0.15) is 0 Å². The molecule has 0 atom stereocenters. The number of unbranched alkanes of at least 4 members (excludes halogenated alkanes) is 7. The normalized spacial score (nSPS) is 10.2. The Hall–Kier alpha value is -1.56. The molecule has 0 aliphatic carbocycles. The molecule has 0 bridgehead atoms. The molecule has 3 heteroatoms. The van der Waals surface area contributed by atoms with E-state index in [-0.39, 0.29) is 0 Å². The topological polar surface area (TPSA) is 37.4 Å². The summed E-state index contributed by atoms with van der Waals surface area (Å²) in [6.07, 6.45) is 10.3. The van der Waals surface area contributed by atoms with E-state index in [1.165, 1.54) is 44.9 Å². The van der Waals surface area contributed by atoms with Crippen LogP contribution in [-0.2, 0) is 0 Å². The van der Waals surface area contributed by atoms with Gasteiger partial charge in [-0.25, -0.2) is 0 Å². The van der Waals surface area contributed by atoms with E-state index < -0.39 is 0 Å². The number of ether oxygens (including phenoxy) is 1. The summed E-state index contributed by atoms with van der Waals surface area (Å²) in [5.74, 6) is 0.676. The van der Waals surface area contributed by atoms with Gasteiger partial charge in [0.05, 0.1) is 6.61 Å². The van der Waals surface area contributed by atoms with Crippen molar-refractivity contribution in [1.29, 1.82) is 5.39 Å². The third kappa shape index (κ3) is 6.56. The largest absolute Gasteiger partial charge is 0.486 e. The molecule has 3 nitrogen and oxygen atoms in total. The summed E-state index contributed by atoms with van der Waals surface area (Å²) < 4.78 is 5.70. The fourth-order valence-corrected chi connectivity index (χ4v) is 2.24. The number of aryl methyl sites for hydroxylation is 1. The molecule has 0 aliphatic heterocycles. The van der Waals surface area contributed by atoms with E-state index in [0.29, 0.717) is 18.0 Å². The molecule has 0 saturated heterocycles. The third-order valence-corrected chi connectivity index (χ3v) is 3.48. The average molecular weight is 275 g/mol. The van der Waals surface area contributed by atoms with Gasteiger partial charge in [0.1, 0.15) is 0 Å². The Morgan fingerprint density at radius 3 is 2.30 bits per heavy atom.